The molecule has 0 fully saturated rings. The third-order valence-corrected chi connectivity index (χ3v) is 3.97. The van der Waals surface area contributed by atoms with Gasteiger partial charge in [0.25, 0.3) is 5.91 Å². The Morgan fingerprint density at radius 1 is 1.11 bits per heavy atom. The van der Waals surface area contributed by atoms with Crippen molar-refractivity contribution in [2.75, 3.05) is 12.4 Å². The van der Waals surface area contributed by atoms with Gasteiger partial charge in [-0.15, -0.1) is 0 Å². The molecule has 28 heavy (non-hydrogen) atoms. The normalized spacial score (nSPS) is 10.0. The number of nitriles is 1. The minimum atomic E-state index is -0.288. The summed E-state index contributed by atoms with van der Waals surface area (Å²) in [5.74, 6) is 0.795. The molecular formula is C21H19N5O2. The topological polar surface area (TPSA) is 99.9 Å². The molecule has 0 saturated heterocycles. The first kappa shape index (κ1) is 18.9. The number of hydrogen-bond acceptors (Lipinski definition) is 6. The molecular weight excluding hydrogens is 354 g/mol. The summed E-state index contributed by atoms with van der Waals surface area (Å²) in [6.07, 6.45) is 0. The van der Waals surface area contributed by atoms with Crippen molar-refractivity contribution in [1.29, 1.82) is 5.26 Å². The smallest absolute Gasteiger partial charge is 0.270 e. The third-order valence-electron chi connectivity index (χ3n) is 3.97. The number of amides is 1. The van der Waals surface area contributed by atoms with Gasteiger partial charge in [0, 0.05) is 17.9 Å². The average molecular weight is 373 g/mol. The van der Waals surface area contributed by atoms with Gasteiger partial charge in [0.15, 0.2) is 0 Å². The maximum absolute atomic E-state index is 12.5. The van der Waals surface area contributed by atoms with Crippen molar-refractivity contribution >= 4 is 17.5 Å². The molecule has 3 rings (SSSR count). The highest BCUT2D eigenvalue weighted by Gasteiger charge is 2.11. The van der Waals surface area contributed by atoms with E-state index < -0.39 is 0 Å². The van der Waals surface area contributed by atoms with Crippen molar-refractivity contribution in [2.24, 2.45) is 0 Å². The molecule has 0 atom stereocenters. The molecule has 140 valence electrons. The summed E-state index contributed by atoms with van der Waals surface area (Å²) < 4.78 is 5.13. The molecule has 2 aromatic carbocycles. The number of benzene rings is 2. The summed E-state index contributed by atoms with van der Waals surface area (Å²) in [5, 5.41) is 14.8. The minimum absolute atomic E-state index is 0.275. The van der Waals surface area contributed by atoms with Crippen LogP contribution in [0.3, 0.4) is 0 Å². The Balaban J connectivity index is 1.68. The van der Waals surface area contributed by atoms with Gasteiger partial charge in [-0.2, -0.15) is 5.26 Å². The van der Waals surface area contributed by atoms with Crippen LogP contribution in [0.4, 0.5) is 11.6 Å². The predicted molar refractivity (Wildman–Crippen MR) is 105 cm³/mol. The zero-order chi connectivity index (χ0) is 19.9. The standard InChI is InChI=1S/C21H19N5O2/c1-14-11-19(20(27)23-13-16-5-9-18(28-2)10-6-16)26-21(24-14)25-17-7-3-15(12-22)4-8-17/h3-11H,13H2,1-2H3,(H,23,27)(H,24,25,26). The first-order valence-corrected chi connectivity index (χ1v) is 8.61. The highest BCUT2D eigenvalue weighted by molar-refractivity contribution is 5.92. The molecule has 0 aliphatic carbocycles. The molecule has 3 aromatic rings. The lowest BCUT2D eigenvalue weighted by Crippen LogP contribution is -2.24. The van der Waals surface area contributed by atoms with Crippen LogP contribution in [0.2, 0.25) is 0 Å². The van der Waals surface area contributed by atoms with E-state index in [9.17, 15) is 4.79 Å². The van der Waals surface area contributed by atoms with Gasteiger partial charge in [-0.1, -0.05) is 12.1 Å². The lowest BCUT2D eigenvalue weighted by Gasteiger charge is -2.09. The van der Waals surface area contributed by atoms with Crippen LogP contribution in [0.1, 0.15) is 27.3 Å². The second kappa shape index (κ2) is 8.64. The highest BCUT2D eigenvalue weighted by atomic mass is 16.5. The molecule has 0 aliphatic rings. The highest BCUT2D eigenvalue weighted by Crippen LogP contribution is 2.15. The molecule has 1 heterocycles. The first-order chi connectivity index (χ1) is 13.6. The Labute approximate surface area is 163 Å². The number of nitrogens with zero attached hydrogens (tertiary/aromatic N) is 3. The zero-order valence-corrected chi connectivity index (χ0v) is 15.6. The average Bonchev–Trinajstić information content (AvgIpc) is 2.72. The summed E-state index contributed by atoms with van der Waals surface area (Å²) >= 11 is 0. The van der Waals surface area contributed by atoms with Crippen LogP contribution >= 0.6 is 0 Å². The molecule has 0 aliphatic heterocycles. The van der Waals surface area contributed by atoms with E-state index >= 15 is 0 Å². The van der Waals surface area contributed by atoms with Crippen LogP contribution in [0.15, 0.2) is 54.6 Å². The number of methoxy groups -OCH3 is 1. The number of aromatic nitrogens is 2. The number of carbonyl (C=O) groups is 1. The van der Waals surface area contributed by atoms with E-state index in [1.807, 2.05) is 24.3 Å². The van der Waals surface area contributed by atoms with Crippen LogP contribution in [-0.2, 0) is 6.54 Å². The van der Waals surface area contributed by atoms with Crippen LogP contribution in [-0.4, -0.2) is 23.0 Å². The summed E-state index contributed by atoms with van der Waals surface area (Å²) in [7, 11) is 1.61. The Morgan fingerprint density at radius 2 is 1.82 bits per heavy atom. The zero-order valence-electron chi connectivity index (χ0n) is 15.6. The fraction of sp³-hybridized carbons (Fsp3) is 0.143. The minimum Gasteiger partial charge on any atom is -0.497 e. The molecule has 0 unspecified atom stereocenters. The summed E-state index contributed by atoms with van der Waals surface area (Å²) in [6, 6.07) is 18.1. The van der Waals surface area contributed by atoms with Crippen molar-refractivity contribution in [3.63, 3.8) is 0 Å². The lowest BCUT2D eigenvalue weighted by molar-refractivity contribution is 0.0945. The van der Waals surface area contributed by atoms with Gasteiger partial charge < -0.3 is 15.4 Å². The van der Waals surface area contributed by atoms with Crippen LogP contribution < -0.4 is 15.4 Å². The van der Waals surface area contributed by atoms with E-state index in [0.717, 1.165) is 17.0 Å². The summed E-state index contributed by atoms with van der Waals surface area (Å²) in [6.45, 7) is 2.18. The van der Waals surface area contributed by atoms with Crippen LogP contribution in [0.5, 0.6) is 5.75 Å². The van der Waals surface area contributed by atoms with E-state index in [4.69, 9.17) is 10.00 Å². The van der Waals surface area contributed by atoms with Crippen molar-refractivity contribution in [2.45, 2.75) is 13.5 Å². The van der Waals surface area contributed by atoms with Crippen molar-refractivity contribution in [3.8, 4) is 11.8 Å². The fourth-order valence-electron chi connectivity index (χ4n) is 2.51. The Hall–Kier alpha value is -3.92. The second-order valence-corrected chi connectivity index (χ2v) is 6.06. The molecule has 0 saturated carbocycles. The maximum Gasteiger partial charge on any atom is 0.270 e. The molecule has 7 heteroatoms. The van der Waals surface area contributed by atoms with Gasteiger partial charge in [0.2, 0.25) is 5.95 Å². The van der Waals surface area contributed by atoms with Crippen molar-refractivity contribution in [3.05, 3.63) is 77.1 Å². The first-order valence-electron chi connectivity index (χ1n) is 8.61. The SMILES string of the molecule is COc1ccc(CNC(=O)c2cc(C)nc(Nc3ccc(C#N)cc3)n2)cc1. The van der Waals surface area contributed by atoms with Crippen molar-refractivity contribution < 1.29 is 9.53 Å². The molecule has 0 radical (unpaired) electrons. The largest absolute Gasteiger partial charge is 0.497 e. The monoisotopic (exact) mass is 373 g/mol. The number of hydrogen-bond donors (Lipinski definition) is 2. The second-order valence-electron chi connectivity index (χ2n) is 6.06. The predicted octanol–water partition coefficient (Wildman–Crippen LogP) is 3.34. The Morgan fingerprint density at radius 3 is 2.46 bits per heavy atom. The van der Waals surface area contributed by atoms with E-state index in [1.54, 1.807) is 44.4 Å². The third kappa shape index (κ3) is 4.83. The summed E-state index contributed by atoms with van der Waals surface area (Å²) in [5.41, 5.74) is 3.19. The molecule has 0 spiro atoms. The van der Waals surface area contributed by atoms with Gasteiger partial charge in [-0.25, -0.2) is 9.97 Å². The fourth-order valence-corrected chi connectivity index (χ4v) is 2.51. The van der Waals surface area contributed by atoms with Gasteiger partial charge in [0.05, 0.1) is 18.7 Å². The maximum atomic E-state index is 12.5. The number of anilines is 2. The lowest BCUT2D eigenvalue weighted by atomic mass is 10.2. The van der Waals surface area contributed by atoms with E-state index in [-0.39, 0.29) is 11.6 Å². The molecule has 1 amide bonds. The van der Waals surface area contributed by atoms with E-state index in [0.29, 0.717) is 23.8 Å². The molecule has 7 nitrogen and oxygen atoms in total. The van der Waals surface area contributed by atoms with Gasteiger partial charge >= 0.3 is 0 Å². The number of carbonyl (C=O) groups excluding carboxylic acids is 1. The quantitative estimate of drug-likeness (QED) is 0.687. The Bertz CT molecular complexity index is 1010. The van der Waals surface area contributed by atoms with E-state index in [2.05, 4.69) is 26.7 Å². The van der Waals surface area contributed by atoms with Gasteiger partial charge in [0.1, 0.15) is 11.4 Å². The Kier molecular flexibility index (Phi) is 5.82. The van der Waals surface area contributed by atoms with Gasteiger partial charge in [-0.05, 0) is 55.0 Å². The number of rotatable bonds is 6. The molecule has 0 bridgehead atoms. The number of ether oxygens (including phenoxy) is 1. The van der Waals surface area contributed by atoms with E-state index in [1.165, 1.54) is 0 Å². The van der Waals surface area contributed by atoms with Crippen molar-refractivity contribution in [1.82, 2.24) is 15.3 Å². The van der Waals surface area contributed by atoms with Crippen LogP contribution in [0, 0.1) is 18.3 Å². The van der Waals surface area contributed by atoms with Gasteiger partial charge in [-0.3, -0.25) is 4.79 Å². The number of nitrogens with one attached hydrogen (secondary N) is 2. The van der Waals surface area contributed by atoms with Crippen LogP contribution in [0.25, 0.3) is 0 Å². The molecule has 1 aromatic heterocycles. The summed E-state index contributed by atoms with van der Waals surface area (Å²) in [4.78, 5) is 21.1. The molecule has 2 N–H and O–H groups in total. The number of aryl methyl sites for hydroxylation is 1.